The van der Waals surface area contributed by atoms with Gasteiger partial charge in [0.2, 0.25) is 5.89 Å². The molecule has 1 aromatic heterocycles. The van der Waals surface area contributed by atoms with Gasteiger partial charge >= 0.3 is 0 Å². The molecule has 1 saturated heterocycles. The van der Waals surface area contributed by atoms with Gasteiger partial charge in [0.15, 0.2) is 5.82 Å². The van der Waals surface area contributed by atoms with Crippen LogP contribution in [0.4, 0.5) is 0 Å². The third-order valence-corrected chi connectivity index (χ3v) is 4.69. The summed E-state index contributed by atoms with van der Waals surface area (Å²) in [6.45, 7) is 4.67. The maximum atomic E-state index is 5.41. The van der Waals surface area contributed by atoms with Gasteiger partial charge in [-0.2, -0.15) is 4.98 Å². The summed E-state index contributed by atoms with van der Waals surface area (Å²) in [5.74, 6) is 2.73. The van der Waals surface area contributed by atoms with Crippen molar-refractivity contribution in [2.75, 3.05) is 13.2 Å². The van der Waals surface area contributed by atoms with Gasteiger partial charge in [0.05, 0.1) is 6.54 Å². The molecule has 0 spiro atoms. The van der Waals surface area contributed by atoms with Gasteiger partial charge in [0, 0.05) is 25.2 Å². The normalized spacial score (nSPS) is 28.6. The molecule has 0 unspecified atom stereocenters. The molecule has 1 aromatic rings. The third kappa shape index (κ3) is 3.38. The Hall–Kier alpha value is -0.940. The second kappa shape index (κ2) is 6.68. The van der Waals surface area contributed by atoms with E-state index in [0.717, 1.165) is 50.2 Å². The zero-order chi connectivity index (χ0) is 13.8. The summed E-state index contributed by atoms with van der Waals surface area (Å²) in [5, 5.41) is 7.71. The van der Waals surface area contributed by atoms with Crippen molar-refractivity contribution in [1.29, 1.82) is 0 Å². The van der Waals surface area contributed by atoms with Gasteiger partial charge in [-0.3, -0.25) is 0 Å². The van der Waals surface area contributed by atoms with Crippen LogP contribution >= 0.6 is 0 Å². The van der Waals surface area contributed by atoms with E-state index in [1.54, 1.807) is 0 Å². The topological polar surface area (TPSA) is 60.2 Å². The summed E-state index contributed by atoms with van der Waals surface area (Å²) < 4.78 is 10.8. The Morgan fingerprint density at radius 1 is 1.15 bits per heavy atom. The maximum absolute atomic E-state index is 5.41. The van der Waals surface area contributed by atoms with Gasteiger partial charge in [-0.1, -0.05) is 24.9 Å². The van der Waals surface area contributed by atoms with Gasteiger partial charge in [-0.25, -0.2) is 0 Å². The lowest BCUT2D eigenvalue weighted by Crippen LogP contribution is -2.36. The third-order valence-electron chi connectivity index (χ3n) is 4.69. The fourth-order valence-corrected chi connectivity index (χ4v) is 3.29. The van der Waals surface area contributed by atoms with Crippen LogP contribution in [0.25, 0.3) is 0 Å². The first-order valence-electron chi connectivity index (χ1n) is 7.96. The molecule has 5 nitrogen and oxygen atoms in total. The second-order valence-corrected chi connectivity index (χ2v) is 6.18. The molecule has 0 bridgehead atoms. The largest absolute Gasteiger partial charge is 0.381 e. The molecule has 5 heteroatoms. The highest BCUT2D eigenvalue weighted by molar-refractivity contribution is 4.95. The molecular formula is C15H25N3O2. The number of ether oxygens (including phenoxy) is 1. The monoisotopic (exact) mass is 279 g/mol. The first-order chi connectivity index (χ1) is 9.83. The van der Waals surface area contributed by atoms with Gasteiger partial charge in [-0.05, 0) is 31.6 Å². The summed E-state index contributed by atoms with van der Waals surface area (Å²) in [5.41, 5.74) is 0. The molecule has 2 atom stereocenters. The molecule has 0 aromatic carbocycles. The predicted octanol–water partition coefficient (Wildman–Crippen LogP) is 2.63. The lowest BCUT2D eigenvalue weighted by molar-refractivity contribution is 0.0778. The highest BCUT2D eigenvalue weighted by Gasteiger charge is 2.23. The molecular weight excluding hydrogens is 254 g/mol. The van der Waals surface area contributed by atoms with Gasteiger partial charge in [-0.15, -0.1) is 0 Å². The minimum Gasteiger partial charge on any atom is -0.381 e. The molecule has 112 valence electrons. The number of nitrogens with one attached hydrogen (secondary N) is 1. The molecule has 2 aliphatic rings. The van der Waals surface area contributed by atoms with E-state index >= 15 is 0 Å². The van der Waals surface area contributed by atoms with Crippen molar-refractivity contribution in [2.24, 2.45) is 5.92 Å². The quantitative estimate of drug-likeness (QED) is 0.918. The number of hydrogen-bond acceptors (Lipinski definition) is 5. The molecule has 2 heterocycles. The molecule has 1 aliphatic heterocycles. The molecule has 20 heavy (non-hydrogen) atoms. The van der Waals surface area contributed by atoms with E-state index in [1.807, 2.05) is 0 Å². The van der Waals surface area contributed by atoms with Crippen molar-refractivity contribution in [3.8, 4) is 0 Å². The van der Waals surface area contributed by atoms with Crippen molar-refractivity contribution >= 4 is 0 Å². The van der Waals surface area contributed by atoms with E-state index in [0.29, 0.717) is 12.0 Å². The summed E-state index contributed by atoms with van der Waals surface area (Å²) in [6, 6.07) is 0.605. The first kappa shape index (κ1) is 14.0. The average Bonchev–Trinajstić information content (AvgIpc) is 2.96. The van der Waals surface area contributed by atoms with E-state index in [4.69, 9.17) is 9.26 Å². The maximum Gasteiger partial charge on any atom is 0.229 e. The van der Waals surface area contributed by atoms with Gasteiger partial charge in [0.25, 0.3) is 0 Å². The fraction of sp³-hybridized carbons (Fsp3) is 0.867. The summed E-state index contributed by atoms with van der Waals surface area (Å²) in [4.78, 5) is 4.55. The minimum absolute atomic E-state index is 0.388. The van der Waals surface area contributed by atoms with Crippen molar-refractivity contribution in [3.63, 3.8) is 0 Å². The Morgan fingerprint density at radius 3 is 2.75 bits per heavy atom. The van der Waals surface area contributed by atoms with Crippen molar-refractivity contribution in [2.45, 2.75) is 64.0 Å². The Balaban J connectivity index is 1.51. The Morgan fingerprint density at radius 2 is 1.95 bits per heavy atom. The highest BCUT2D eigenvalue weighted by Crippen LogP contribution is 2.26. The van der Waals surface area contributed by atoms with Crippen LogP contribution in [0.15, 0.2) is 4.52 Å². The number of aromatic nitrogens is 2. The van der Waals surface area contributed by atoms with E-state index in [-0.39, 0.29) is 0 Å². The zero-order valence-electron chi connectivity index (χ0n) is 12.3. The Bertz CT molecular complexity index is 415. The highest BCUT2D eigenvalue weighted by atomic mass is 16.5. The number of nitrogens with zero attached hydrogens (tertiary/aromatic N) is 2. The molecule has 2 fully saturated rings. The molecule has 1 saturated carbocycles. The van der Waals surface area contributed by atoms with E-state index < -0.39 is 0 Å². The standard InChI is InChI=1S/C15H25N3O2/c1-11-4-2-3-5-13(11)16-10-14-17-15(20-18-14)12-6-8-19-9-7-12/h11-13,16H,2-10H2,1H3/t11-,13+/m0/s1. The van der Waals surface area contributed by atoms with E-state index in [2.05, 4.69) is 22.4 Å². The predicted molar refractivity (Wildman–Crippen MR) is 75.4 cm³/mol. The molecule has 0 radical (unpaired) electrons. The van der Waals surface area contributed by atoms with E-state index in [1.165, 1.54) is 25.7 Å². The SMILES string of the molecule is C[C@H]1CCCC[C@H]1NCc1noc(C2CCOCC2)n1. The Labute approximate surface area is 120 Å². The minimum atomic E-state index is 0.388. The summed E-state index contributed by atoms with van der Waals surface area (Å²) in [6.07, 6.45) is 7.30. The second-order valence-electron chi connectivity index (χ2n) is 6.18. The van der Waals surface area contributed by atoms with Crippen LogP contribution in [0, 0.1) is 5.92 Å². The van der Waals surface area contributed by atoms with Crippen LogP contribution in [-0.4, -0.2) is 29.4 Å². The molecule has 1 aliphatic carbocycles. The summed E-state index contributed by atoms with van der Waals surface area (Å²) >= 11 is 0. The lowest BCUT2D eigenvalue weighted by Gasteiger charge is -2.29. The van der Waals surface area contributed by atoms with Crippen LogP contribution in [0.2, 0.25) is 0 Å². The van der Waals surface area contributed by atoms with Crippen molar-refractivity contribution in [3.05, 3.63) is 11.7 Å². The fourth-order valence-electron chi connectivity index (χ4n) is 3.29. The lowest BCUT2D eigenvalue weighted by atomic mass is 9.86. The first-order valence-corrected chi connectivity index (χ1v) is 7.96. The zero-order valence-corrected chi connectivity index (χ0v) is 12.3. The van der Waals surface area contributed by atoms with Crippen LogP contribution in [0.3, 0.4) is 0 Å². The van der Waals surface area contributed by atoms with Crippen molar-refractivity contribution in [1.82, 2.24) is 15.5 Å². The number of hydrogen-bond donors (Lipinski definition) is 1. The smallest absolute Gasteiger partial charge is 0.229 e. The average molecular weight is 279 g/mol. The molecule has 0 amide bonds. The number of rotatable bonds is 4. The van der Waals surface area contributed by atoms with Crippen LogP contribution in [0.1, 0.15) is 63.1 Å². The van der Waals surface area contributed by atoms with Crippen LogP contribution in [0.5, 0.6) is 0 Å². The molecule has 1 N–H and O–H groups in total. The Kier molecular flexibility index (Phi) is 4.68. The molecule has 3 rings (SSSR count). The van der Waals surface area contributed by atoms with Gasteiger partial charge < -0.3 is 14.6 Å². The summed E-state index contributed by atoms with van der Waals surface area (Å²) in [7, 11) is 0. The van der Waals surface area contributed by atoms with Crippen molar-refractivity contribution < 1.29 is 9.26 Å². The van der Waals surface area contributed by atoms with Gasteiger partial charge in [0.1, 0.15) is 0 Å². The van der Waals surface area contributed by atoms with Crippen LogP contribution in [-0.2, 0) is 11.3 Å². The van der Waals surface area contributed by atoms with Crippen LogP contribution < -0.4 is 5.32 Å². The van der Waals surface area contributed by atoms with E-state index in [9.17, 15) is 0 Å².